The topological polar surface area (TPSA) is 71.6 Å². The smallest absolute Gasteiger partial charge is 0.341 e. The highest BCUT2D eigenvalue weighted by atomic mass is 32.2. The number of H-pyrrole nitrogens is 1. The molecule has 136 valence electrons. The van der Waals surface area contributed by atoms with Crippen LogP contribution in [0.4, 0.5) is 0 Å². The normalized spacial score (nSPS) is 10.8. The molecule has 5 nitrogen and oxygen atoms in total. The monoisotopic (exact) mass is 371 g/mol. The van der Waals surface area contributed by atoms with Gasteiger partial charge in [0.25, 0.3) is 0 Å². The molecule has 0 atom stereocenters. The number of carbonyl (C=O) groups is 1. The van der Waals surface area contributed by atoms with Crippen molar-refractivity contribution in [1.82, 2.24) is 4.98 Å². The van der Waals surface area contributed by atoms with E-state index in [0.29, 0.717) is 11.5 Å². The Hall–Kier alpha value is -2.60. The standard InChI is InChI=1S/C20H21NO4S/c1-13-9-19(18(24-2)10-17(13)25-12-20(22)23)26-8-7-14-11-21-16-6-4-3-5-15(14)16/h3-6,9-11,21H,7-8,12H2,1-2H3,(H,22,23). The van der Waals surface area contributed by atoms with E-state index in [4.69, 9.17) is 14.6 Å². The van der Waals surface area contributed by atoms with Gasteiger partial charge in [0.2, 0.25) is 0 Å². The Labute approximate surface area is 156 Å². The predicted molar refractivity (Wildman–Crippen MR) is 104 cm³/mol. The summed E-state index contributed by atoms with van der Waals surface area (Å²) < 4.78 is 10.8. The minimum absolute atomic E-state index is 0.364. The van der Waals surface area contributed by atoms with Gasteiger partial charge in [-0.05, 0) is 36.6 Å². The van der Waals surface area contributed by atoms with Gasteiger partial charge in [0, 0.05) is 33.8 Å². The number of aromatic nitrogens is 1. The Kier molecular flexibility index (Phi) is 5.73. The molecule has 0 fully saturated rings. The van der Waals surface area contributed by atoms with Crippen molar-refractivity contribution in [2.75, 3.05) is 19.5 Å². The van der Waals surface area contributed by atoms with Gasteiger partial charge >= 0.3 is 5.97 Å². The first kappa shape index (κ1) is 18.2. The molecular weight excluding hydrogens is 350 g/mol. The fourth-order valence-electron chi connectivity index (χ4n) is 2.82. The minimum Gasteiger partial charge on any atom is -0.495 e. The van der Waals surface area contributed by atoms with Crippen LogP contribution in [0, 0.1) is 6.92 Å². The lowest BCUT2D eigenvalue weighted by atomic mass is 10.1. The number of fused-ring (bicyclic) bond motifs is 1. The molecule has 2 N–H and O–H groups in total. The van der Waals surface area contributed by atoms with Gasteiger partial charge in [0.1, 0.15) is 11.5 Å². The Morgan fingerprint density at radius 1 is 1.23 bits per heavy atom. The molecule has 0 saturated carbocycles. The summed E-state index contributed by atoms with van der Waals surface area (Å²) in [5.41, 5.74) is 3.34. The number of aryl methyl sites for hydroxylation is 2. The van der Waals surface area contributed by atoms with Crippen LogP contribution < -0.4 is 9.47 Å². The van der Waals surface area contributed by atoms with Gasteiger partial charge in [0.15, 0.2) is 6.61 Å². The number of ether oxygens (including phenoxy) is 2. The van der Waals surface area contributed by atoms with E-state index in [2.05, 4.69) is 29.4 Å². The second-order valence-electron chi connectivity index (χ2n) is 5.91. The van der Waals surface area contributed by atoms with Crippen LogP contribution in [0.1, 0.15) is 11.1 Å². The lowest BCUT2D eigenvalue weighted by molar-refractivity contribution is -0.139. The van der Waals surface area contributed by atoms with Crippen molar-refractivity contribution in [3.05, 3.63) is 53.7 Å². The Bertz CT molecular complexity index is 919. The van der Waals surface area contributed by atoms with Crippen LogP contribution in [0.3, 0.4) is 0 Å². The summed E-state index contributed by atoms with van der Waals surface area (Å²) in [6.07, 6.45) is 3.00. The lowest BCUT2D eigenvalue weighted by Gasteiger charge is -2.13. The average molecular weight is 371 g/mol. The molecule has 0 bridgehead atoms. The van der Waals surface area contributed by atoms with Crippen LogP contribution in [0.15, 0.2) is 47.5 Å². The summed E-state index contributed by atoms with van der Waals surface area (Å²) in [5.74, 6) is 1.14. The van der Waals surface area contributed by atoms with Crippen LogP contribution in [-0.4, -0.2) is 35.5 Å². The first-order valence-electron chi connectivity index (χ1n) is 8.29. The van der Waals surface area contributed by atoms with Crippen LogP contribution in [-0.2, 0) is 11.2 Å². The molecule has 3 aromatic rings. The maximum Gasteiger partial charge on any atom is 0.341 e. The van der Waals surface area contributed by atoms with Crippen molar-refractivity contribution in [3.63, 3.8) is 0 Å². The number of aliphatic carboxylic acids is 1. The van der Waals surface area contributed by atoms with Gasteiger partial charge in [-0.25, -0.2) is 4.79 Å². The lowest BCUT2D eigenvalue weighted by Crippen LogP contribution is -2.10. The van der Waals surface area contributed by atoms with E-state index in [1.807, 2.05) is 19.1 Å². The molecule has 1 aromatic heterocycles. The van der Waals surface area contributed by atoms with E-state index in [0.717, 1.165) is 28.1 Å². The second-order valence-corrected chi connectivity index (χ2v) is 7.05. The largest absolute Gasteiger partial charge is 0.495 e. The Morgan fingerprint density at radius 3 is 2.81 bits per heavy atom. The fraction of sp³-hybridized carbons (Fsp3) is 0.250. The molecule has 3 rings (SSSR count). The van der Waals surface area contributed by atoms with E-state index in [-0.39, 0.29) is 6.61 Å². The Balaban J connectivity index is 1.69. The molecule has 0 saturated heterocycles. The quantitative estimate of drug-likeness (QED) is 0.578. The van der Waals surface area contributed by atoms with Crippen LogP contribution in [0.2, 0.25) is 0 Å². The highest BCUT2D eigenvalue weighted by Crippen LogP contribution is 2.36. The summed E-state index contributed by atoms with van der Waals surface area (Å²) in [4.78, 5) is 15.0. The van der Waals surface area contributed by atoms with Crippen molar-refractivity contribution in [1.29, 1.82) is 0 Å². The molecule has 0 aliphatic carbocycles. The molecule has 0 spiro atoms. The highest BCUT2D eigenvalue weighted by Gasteiger charge is 2.11. The van der Waals surface area contributed by atoms with Crippen molar-refractivity contribution < 1.29 is 19.4 Å². The second kappa shape index (κ2) is 8.19. The SMILES string of the molecule is COc1cc(OCC(=O)O)c(C)cc1SCCc1c[nH]c2ccccc12. The van der Waals surface area contributed by atoms with E-state index in [9.17, 15) is 4.79 Å². The van der Waals surface area contributed by atoms with Gasteiger partial charge < -0.3 is 19.6 Å². The third kappa shape index (κ3) is 4.14. The third-order valence-electron chi connectivity index (χ3n) is 4.12. The number of carboxylic acids is 1. The number of para-hydroxylation sites is 1. The van der Waals surface area contributed by atoms with Gasteiger partial charge in [-0.1, -0.05) is 18.2 Å². The molecule has 6 heteroatoms. The summed E-state index contributed by atoms with van der Waals surface area (Å²) in [6.45, 7) is 1.54. The minimum atomic E-state index is -0.999. The number of carboxylic acid groups (broad SMARTS) is 1. The number of nitrogens with one attached hydrogen (secondary N) is 1. The van der Waals surface area contributed by atoms with Crippen LogP contribution in [0.5, 0.6) is 11.5 Å². The van der Waals surface area contributed by atoms with E-state index in [1.165, 1.54) is 10.9 Å². The van der Waals surface area contributed by atoms with E-state index < -0.39 is 5.97 Å². The van der Waals surface area contributed by atoms with Crippen molar-refractivity contribution in [2.45, 2.75) is 18.2 Å². The molecule has 0 aliphatic rings. The van der Waals surface area contributed by atoms with Crippen LogP contribution >= 0.6 is 11.8 Å². The summed E-state index contributed by atoms with van der Waals surface area (Å²) in [6, 6.07) is 12.0. The van der Waals surface area contributed by atoms with Gasteiger partial charge in [-0.15, -0.1) is 11.8 Å². The first-order valence-corrected chi connectivity index (χ1v) is 9.28. The summed E-state index contributed by atoms with van der Waals surface area (Å²) >= 11 is 1.71. The van der Waals surface area contributed by atoms with Gasteiger partial charge in [-0.2, -0.15) is 0 Å². The maximum absolute atomic E-state index is 10.7. The number of hydrogen-bond acceptors (Lipinski definition) is 4. The van der Waals surface area contributed by atoms with E-state index in [1.54, 1.807) is 24.9 Å². The van der Waals surface area contributed by atoms with Crippen molar-refractivity contribution in [3.8, 4) is 11.5 Å². The molecule has 1 heterocycles. The number of hydrogen-bond donors (Lipinski definition) is 2. The Morgan fingerprint density at radius 2 is 2.04 bits per heavy atom. The zero-order valence-corrected chi connectivity index (χ0v) is 15.6. The molecule has 2 aromatic carbocycles. The number of rotatable bonds is 8. The molecule has 0 aliphatic heterocycles. The van der Waals surface area contributed by atoms with Crippen molar-refractivity contribution in [2.24, 2.45) is 0 Å². The summed E-state index contributed by atoms with van der Waals surface area (Å²) in [5, 5.41) is 10.0. The number of benzene rings is 2. The highest BCUT2D eigenvalue weighted by molar-refractivity contribution is 7.99. The number of thioether (sulfide) groups is 1. The zero-order valence-electron chi connectivity index (χ0n) is 14.7. The molecule has 0 radical (unpaired) electrons. The number of aromatic amines is 1. The first-order chi connectivity index (χ1) is 12.6. The van der Waals surface area contributed by atoms with Gasteiger partial charge in [0.05, 0.1) is 7.11 Å². The molecule has 0 unspecified atom stereocenters. The van der Waals surface area contributed by atoms with E-state index >= 15 is 0 Å². The third-order valence-corrected chi connectivity index (χ3v) is 5.15. The predicted octanol–water partition coefficient (Wildman–Crippen LogP) is 4.28. The maximum atomic E-state index is 10.7. The fourth-order valence-corrected chi connectivity index (χ4v) is 3.91. The van der Waals surface area contributed by atoms with Crippen LogP contribution in [0.25, 0.3) is 10.9 Å². The van der Waals surface area contributed by atoms with Crippen molar-refractivity contribution >= 4 is 28.6 Å². The average Bonchev–Trinajstić information content (AvgIpc) is 3.04. The molecular formula is C20H21NO4S. The zero-order chi connectivity index (χ0) is 18.5. The molecule has 0 amide bonds. The molecule has 26 heavy (non-hydrogen) atoms. The number of methoxy groups -OCH3 is 1. The summed E-state index contributed by atoms with van der Waals surface area (Å²) in [7, 11) is 1.61. The van der Waals surface area contributed by atoms with Gasteiger partial charge in [-0.3, -0.25) is 0 Å².